The average Bonchev–Trinajstić information content (AvgIpc) is 3.19. The van der Waals surface area contributed by atoms with Crippen LogP contribution >= 0.6 is 0 Å². The molecule has 0 saturated carbocycles. The third-order valence-corrected chi connectivity index (χ3v) is 5.43. The van der Waals surface area contributed by atoms with Gasteiger partial charge in [-0.05, 0) is 47.7 Å². The van der Waals surface area contributed by atoms with Crippen LogP contribution in [0, 0.1) is 0 Å². The Balaban J connectivity index is 1.42. The fourth-order valence-electron chi connectivity index (χ4n) is 3.84. The van der Waals surface area contributed by atoms with Crippen LogP contribution in [0.25, 0.3) is 22.0 Å². The Morgan fingerprint density at radius 1 is 1.10 bits per heavy atom. The first-order chi connectivity index (χ1) is 14.2. The van der Waals surface area contributed by atoms with E-state index in [1.165, 1.54) is 11.1 Å². The summed E-state index contributed by atoms with van der Waals surface area (Å²) in [5, 5.41) is 13.6. The number of benzene rings is 2. The smallest absolute Gasteiger partial charge is 0.168 e. The van der Waals surface area contributed by atoms with Gasteiger partial charge in [0.05, 0.1) is 12.6 Å². The van der Waals surface area contributed by atoms with Gasteiger partial charge in [0, 0.05) is 42.0 Å². The second-order valence-electron chi connectivity index (χ2n) is 7.53. The SMILES string of the molecule is Cn1cc(-c2ccc3cnc(CC(=O)c4ccc5c(c4)CNCC5)cc3c2)nn1. The van der Waals surface area contributed by atoms with E-state index in [4.69, 9.17) is 0 Å². The van der Waals surface area contributed by atoms with Gasteiger partial charge in [-0.1, -0.05) is 29.5 Å². The summed E-state index contributed by atoms with van der Waals surface area (Å²) in [6.07, 6.45) is 5.02. The molecule has 1 aliphatic heterocycles. The number of rotatable bonds is 4. The number of hydrogen-bond donors (Lipinski definition) is 1. The van der Waals surface area contributed by atoms with Crippen LogP contribution in [0.2, 0.25) is 0 Å². The van der Waals surface area contributed by atoms with Crippen molar-refractivity contribution in [2.75, 3.05) is 6.54 Å². The molecule has 0 aliphatic carbocycles. The van der Waals surface area contributed by atoms with E-state index in [1.54, 1.807) is 4.68 Å². The molecule has 0 bridgehead atoms. The van der Waals surface area contributed by atoms with Gasteiger partial charge < -0.3 is 5.32 Å². The summed E-state index contributed by atoms with van der Waals surface area (Å²) < 4.78 is 1.68. The molecule has 1 aliphatic rings. The van der Waals surface area contributed by atoms with E-state index < -0.39 is 0 Å². The standard InChI is InChI=1S/C23H21N5O/c1-28-14-22(26-27-28)16-3-5-18-13-25-21(10-19(18)8-16)11-23(29)17-4-2-15-6-7-24-12-20(15)9-17/h2-5,8-10,13-14,24H,6-7,11-12H2,1H3. The minimum absolute atomic E-state index is 0.0929. The van der Waals surface area contributed by atoms with Gasteiger partial charge in [0.15, 0.2) is 5.78 Å². The van der Waals surface area contributed by atoms with Gasteiger partial charge in [-0.3, -0.25) is 14.5 Å². The van der Waals surface area contributed by atoms with Crippen LogP contribution < -0.4 is 5.32 Å². The molecule has 2 aromatic carbocycles. The van der Waals surface area contributed by atoms with Crippen LogP contribution in [0.15, 0.2) is 54.9 Å². The predicted molar refractivity (Wildman–Crippen MR) is 112 cm³/mol. The number of ketones is 1. The molecule has 0 fully saturated rings. The summed E-state index contributed by atoms with van der Waals surface area (Å²) in [4.78, 5) is 17.3. The highest BCUT2D eigenvalue weighted by Crippen LogP contribution is 2.23. The van der Waals surface area contributed by atoms with Crippen LogP contribution in [0.4, 0.5) is 0 Å². The van der Waals surface area contributed by atoms with Gasteiger partial charge >= 0.3 is 0 Å². The maximum absolute atomic E-state index is 12.8. The number of hydrogen-bond acceptors (Lipinski definition) is 5. The molecule has 144 valence electrons. The molecule has 0 saturated heterocycles. The largest absolute Gasteiger partial charge is 0.312 e. The average molecular weight is 383 g/mol. The molecular weight excluding hydrogens is 362 g/mol. The second kappa shape index (κ2) is 7.22. The number of pyridine rings is 1. The van der Waals surface area contributed by atoms with E-state index in [0.29, 0.717) is 0 Å². The van der Waals surface area contributed by atoms with Crippen molar-refractivity contribution in [2.45, 2.75) is 19.4 Å². The quantitative estimate of drug-likeness (QED) is 0.548. The molecule has 0 radical (unpaired) electrons. The zero-order valence-electron chi connectivity index (χ0n) is 16.2. The van der Waals surface area contributed by atoms with Crippen molar-refractivity contribution in [1.82, 2.24) is 25.3 Å². The summed E-state index contributed by atoms with van der Waals surface area (Å²) in [7, 11) is 1.85. The number of carbonyl (C=O) groups is 1. The third-order valence-electron chi connectivity index (χ3n) is 5.43. The molecular formula is C23H21N5O. The molecule has 0 unspecified atom stereocenters. The van der Waals surface area contributed by atoms with E-state index in [0.717, 1.165) is 52.8 Å². The Morgan fingerprint density at radius 2 is 2.03 bits per heavy atom. The molecule has 29 heavy (non-hydrogen) atoms. The fourth-order valence-corrected chi connectivity index (χ4v) is 3.84. The molecule has 5 rings (SSSR count). The first-order valence-electron chi connectivity index (χ1n) is 9.77. The monoisotopic (exact) mass is 383 g/mol. The predicted octanol–water partition coefficient (Wildman–Crippen LogP) is 3.10. The zero-order valence-corrected chi connectivity index (χ0v) is 16.2. The van der Waals surface area contributed by atoms with Gasteiger partial charge in [0.25, 0.3) is 0 Å². The zero-order chi connectivity index (χ0) is 19.8. The number of carbonyl (C=O) groups excluding carboxylic acids is 1. The lowest BCUT2D eigenvalue weighted by molar-refractivity contribution is 0.0992. The molecule has 0 atom stereocenters. The lowest BCUT2D eigenvalue weighted by Crippen LogP contribution is -2.24. The normalized spacial score (nSPS) is 13.4. The van der Waals surface area contributed by atoms with Crippen LogP contribution in [-0.2, 0) is 26.4 Å². The molecule has 0 amide bonds. The third kappa shape index (κ3) is 3.54. The molecule has 4 aromatic rings. The summed E-state index contributed by atoms with van der Waals surface area (Å²) in [5.74, 6) is 0.0929. The van der Waals surface area contributed by atoms with Crippen molar-refractivity contribution >= 4 is 16.6 Å². The number of aromatic nitrogens is 4. The molecule has 6 nitrogen and oxygen atoms in total. The number of aryl methyl sites for hydroxylation is 1. The van der Waals surface area contributed by atoms with Crippen molar-refractivity contribution in [3.8, 4) is 11.3 Å². The van der Waals surface area contributed by atoms with Crippen LogP contribution in [0.3, 0.4) is 0 Å². The van der Waals surface area contributed by atoms with Crippen molar-refractivity contribution in [2.24, 2.45) is 7.05 Å². The van der Waals surface area contributed by atoms with Crippen molar-refractivity contribution in [1.29, 1.82) is 0 Å². The second-order valence-corrected chi connectivity index (χ2v) is 7.53. The van der Waals surface area contributed by atoms with Gasteiger partial charge in [0.1, 0.15) is 5.69 Å². The van der Waals surface area contributed by atoms with E-state index in [-0.39, 0.29) is 12.2 Å². The number of fused-ring (bicyclic) bond motifs is 2. The van der Waals surface area contributed by atoms with E-state index in [1.807, 2.05) is 49.8 Å². The minimum Gasteiger partial charge on any atom is -0.312 e. The molecule has 6 heteroatoms. The van der Waals surface area contributed by atoms with E-state index in [2.05, 4.69) is 32.7 Å². The summed E-state index contributed by atoms with van der Waals surface area (Å²) >= 11 is 0. The van der Waals surface area contributed by atoms with Crippen LogP contribution in [-0.4, -0.2) is 32.3 Å². The summed E-state index contributed by atoms with van der Waals surface area (Å²) in [6, 6.07) is 14.2. The Morgan fingerprint density at radius 3 is 2.90 bits per heavy atom. The highest BCUT2D eigenvalue weighted by molar-refractivity contribution is 5.98. The number of nitrogens with zero attached hydrogens (tertiary/aromatic N) is 4. The van der Waals surface area contributed by atoms with Gasteiger partial charge in [-0.15, -0.1) is 5.10 Å². The lowest BCUT2D eigenvalue weighted by Gasteiger charge is -2.17. The fraction of sp³-hybridized carbons (Fsp3) is 0.217. The topological polar surface area (TPSA) is 72.7 Å². The highest BCUT2D eigenvalue weighted by atomic mass is 16.1. The highest BCUT2D eigenvalue weighted by Gasteiger charge is 2.14. The molecule has 3 heterocycles. The van der Waals surface area contributed by atoms with E-state index >= 15 is 0 Å². The van der Waals surface area contributed by atoms with Crippen LogP contribution in [0.1, 0.15) is 27.2 Å². The maximum Gasteiger partial charge on any atom is 0.168 e. The first kappa shape index (κ1) is 17.7. The Kier molecular flexibility index (Phi) is 4.41. The number of nitrogens with one attached hydrogen (secondary N) is 1. The maximum atomic E-state index is 12.8. The van der Waals surface area contributed by atoms with Crippen LogP contribution in [0.5, 0.6) is 0 Å². The van der Waals surface area contributed by atoms with Gasteiger partial charge in [0.2, 0.25) is 0 Å². The molecule has 2 aromatic heterocycles. The van der Waals surface area contributed by atoms with Crippen molar-refractivity contribution < 1.29 is 4.79 Å². The lowest BCUT2D eigenvalue weighted by atomic mass is 9.95. The van der Waals surface area contributed by atoms with Crippen molar-refractivity contribution in [3.05, 3.63) is 77.2 Å². The Hall–Kier alpha value is -3.38. The Labute approximate surface area is 168 Å². The van der Waals surface area contributed by atoms with Gasteiger partial charge in [-0.25, -0.2) is 0 Å². The number of Topliss-reactive ketones (excluding diaryl/α,β-unsaturated/α-hetero) is 1. The summed E-state index contributed by atoms with van der Waals surface area (Å²) in [6.45, 7) is 1.83. The van der Waals surface area contributed by atoms with Crippen molar-refractivity contribution in [3.63, 3.8) is 0 Å². The van der Waals surface area contributed by atoms with Gasteiger partial charge in [-0.2, -0.15) is 0 Å². The minimum atomic E-state index is 0.0929. The summed E-state index contributed by atoms with van der Waals surface area (Å²) in [5.41, 5.74) is 5.91. The Bertz CT molecular complexity index is 1230. The first-order valence-corrected chi connectivity index (χ1v) is 9.77. The molecule has 1 N–H and O–H groups in total. The molecule has 0 spiro atoms. The van der Waals surface area contributed by atoms with E-state index in [9.17, 15) is 4.79 Å².